The van der Waals surface area contributed by atoms with E-state index < -0.39 is 0 Å². The first kappa shape index (κ1) is 20.5. The summed E-state index contributed by atoms with van der Waals surface area (Å²) in [5.74, 6) is 0.597. The van der Waals surface area contributed by atoms with Crippen LogP contribution in [0.15, 0.2) is 55.0 Å². The predicted octanol–water partition coefficient (Wildman–Crippen LogP) is 2.99. The molecule has 2 N–H and O–H groups in total. The van der Waals surface area contributed by atoms with Crippen LogP contribution in [0, 0.1) is 0 Å². The molecule has 0 atom stereocenters. The number of carbonyl (C=O) groups is 1. The Bertz CT molecular complexity index is 1220. The minimum absolute atomic E-state index is 0.150. The summed E-state index contributed by atoms with van der Waals surface area (Å²) in [4.78, 5) is 23.2. The van der Waals surface area contributed by atoms with E-state index in [-0.39, 0.29) is 5.91 Å². The summed E-state index contributed by atoms with van der Waals surface area (Å²) in [5, 5.41) is 11.2. The number of fused-ring (bicyclic) bond motifs is 1. The van der Waals surface area contributed by atoms with E-state index in [1.54, 1.807) is 25.7 Å². The topological polar surface area (TPSA) is 96.0 Å². The minimum atomic E-state index is -0.150. The van der Waals surface area contributed by atoms with Crippen molar-refractivity contribution in [1.29, 1.82) is 0 Å². The molecule has 1 aromatic carbocycles. The van der Waals surface area contributed by atoms with Gasteiger partial charge in [0.15, 0.2) is 5.65 Å². The maximum atomic E-state index is 12.5. The first-order valence-electron chi connectivity index (χ1n) is 9.92. The Morgan fingerprint density at radius 2 is 1.94 bits per heavy atom. The molecule has 31 heavy (non-hydrogen) atoms. The molecule has 0 saturated heterocycles. The first-order chi connectivity index (χ1) is 15.1. The molecule has 0 radical (unpaired) electrons. The van der Waals surface area contributed by atoms with Crippen LogP contribution in [0.3, 0.4) is 0 Å². The second-order valence-corrected chi connectivity index (χ2v) is 7.42. The number of likely N-dealkylation sites (N-methyl/N-ethyl adjacent to an activating group) is 1. The number of H-pyrrole nitrogens is 1. The highest BCUT2D eigenvalue weighted by Gasteiger charge is 2.15. The monoisotopic (exact) mass is 416 g/mol. The Morgan fingerprint density at radius 3 is 2.74 bits per heavy atom. The van der Waals surface area contributed by atoms with Crippen molar-refractivity contribution in [3.05, 3.63) is 60.6 Å². The normalized spacial score (nSPS) is 11.1. The molecule has 0 aliphatic carbocycles. The summed E-state index contributed by atoms with van der Waals surface area (Å²) >= 11 is 0. The maximum absolute atomic E-state index is 12.5. The molecule has 1 amide bonds. The third-order valence-electron chi connectivity index (χ3n) is 4.96. The lowest BCUT2D eigenvalue weighted by Gasteiger charge is -2.11. The van der Waals surface area contributed by atoms with Crippen molar-refractivity contribution in [3.8, 4) is 28.1 Å². The zero-order chi connectivity index (χ0) is 21.8. The van der Waals surface area contributed by atoms with E-state index in [0.29, 0.717) is 17.8 Å². The lowest BCUT2D eigenvalue weighted by molar-refractivity contribution is 0.0950. The van der Waals surface area contributed by atoms with Gasteiger partial charge in [-0.05, 0) is 38.4 Å². The molecule has 158 valence electrons. The Morgan fingerprint density at radius 1 is 1.13 bits per heavy atom. The summed E-state index contributed by atoms with van der Waals surface area (Å²) in [5.41, 5.74) is 4.50. The van der Waals surface area contributed by atoms with Crippen LogP contribution in [-0.2, 0) is 0 Å². The van der Waals surface area contributed by atoms with Crippen molar-refractivity contribution in [1.82, 2.24) is 30.4 Å². The fourth-order valence-electron chi connectivity index (χ4n) is 3.33. The van der Waals surface area contributed by atoms with Crippen molar-refractivity contribution in [2.24, 2.45) is 0 Å². The Kier molecular flexibility index (Phi) is 5.90. The molecular formula is C23H24N6O2. The number of para-hydroxylation sites is 1. The lowest BCUT2D eigenvalue weighted by Crippen LogP contribution is -2.31. The van der Waals surface area contributed by atoms with Gasteiger partial charge >= 0.3 is 0 Å². The number of benzene rings is 1. The van der Waals surface area contributed by atoms with E-state index in [4.69, 9.17) is 4.74 Å². The van der Waals surface area contributed by atoms with Gasteiger partial charge in [-0.3, -0.25) is 14.9 Å². The number of nitrogens with zero attached hydrogens (tertiary/aromatic N) is 4. The van der Waals surface area contributed by atoms with Crippen molar-refractivity contribution < 1.29 is 9.53 Å². The molecule has 3 aromatic heterocycles. The number of ether oxygens (including phenoxy) is 1. The van der Waals surface area contributed by atoms with Crippen molar-refractivity contribution in [3.63, 3.8) is 0 Å². The van der Waals surface area contributed by atoms with E-state index in [1.165, 1.54) is 0 Å². The lowest BCUT2D eigenvalue weighted by atomic mass is 10.0. The van der Waals surface area contributed by atoms with Gasteiger partial charge in [-0.15, -0.1) is 0 Å². The zero-order valence-electron chi connectivity index (χ0n) is 17.7. The number of methoxy groups -OCH3 is 1. The fourth-order valence-corrected chi connectivity index (χ4v) is 3.33. The van der Waals surface area contributed by atoms with Crippen LogP contribution in [0.4, 0.5) is 0 Å². The summed E-state index contributed by atoms with van der Waals surface area (Å²) in [6, 6.07) is 11.6. The zero-order valence-corrected chi connectivity index (χ0v) is 17.7. The van der Waals surface area contributed by atoms with E-state index in [9.17, 15) is 4.79 Å². The summed E-state index contributed by atoms with van der Waals surface area (Å²) in [6.07, 6.45) is 5.03. The van der Waals surface area contributed by atoms with Crippen LogP contribution in [0.25, 0.3) is 33.4 Å². The van der Waals surface area contributed by atoms with Gasteiger partial charge in [0, 0.05) is 53.8 Å². The second-order valence-electron chi connectivity index (χ2n) is 7.42. The minimum Gasteiger partial charge on any atom is -0.496 e. The second kappa shape index (κ2) is 8.93. The van der Waals surface area contributed by atoms with Crippen LogP contribution in [0.2, 0.25) is 0 Å². The highest BCUT2D eigenvalue weighted by Crippen LogP contribution is 2.34. The number of hydrogen-bond donors (Lipinski definition) is 2. The molecule has 4 aromatic rings. The predicted molar refractivity (Wildman–Crippen MR) is 120 cm³/mol. The number of aromatic amines is 1. The highest BCUT2D eigenvalue weighted by atomic mass is 16.5. The standard InChI is InChI=1S/C23H24N6O2/c1-29(2)9-8-25-23(30)17-10-15(12-24-13-17)16-11-19-21(27-28-22(19)26-14-16)18-6-4-5-7-20(18)31-3/h4-7,10-14H,8-9H2,1-3H3,(H,25,30)(H,26,27,28). The molecule has 4 rings (SSSR count). The molecule has 0 unspecified atom stereocenters. The molecule has 0 spiro atoms. The van der Waals surface area contributed by atoms with E-state index in [2.05, 4.69) is 25.5 Å². The molecule has 0 saturated carbocycles. The molecule has 3 heterocycles. The number of aromatic nitrogens is 4. The number of nitrogens with one attached hydrogen (secondary N) is 2. The third-order valence-corrected chi connectivity index (χ3v) is 4.96. The average molecular weight is 416 g/mol. The SMILES string of the molecule is COc1ccccc1-c1[nH]nc2ncc(-c3cncc(C(=O)NCCN(C)C)c3)cc12. The van der Waals surface area contributed by atoms with Gasteiger partial charge in [0.2, 0.25) is 0 Å². The highest BCUT2D eigenvalue weighted by molar-refractivity contribution is 5.97. The van der Waals surface area contributed by atoms with Crippen LogP contribution in [0.1, 0.15) is 10.4 Å². The molecule has 8 nitrogen and oxygen atoms in total. The quantitative estimate of drug-likeness (QED) is 0.481. The van der Waals surface area contributed by atoms with Crippen LogP contribution in [-0.4, -0.2) is 65.3 Å². The van der Waals surface area contributed by atoms with E-state index in [1.807, 2.05) is 55.4 Å². The molecule has 0 aliphatic rings. The summed E-state index contributed by atoms with van der Waals surface area (Å²) in [6.45, 7) is 1.34. The molecule has 0 aliphatic heterocycles. The van der Waals surface area contributed by atoms with Crippen molar-refractivity contribution in [2.45, 2.75) is 0 Å². The molecular weight excluding hydrogens is 392 g/mol. The van der Waals surface area contributed by atoms with E-state index >= 15 is 0 Å². The van der Waals surface area contributed by atoms with Gasteiger partial charge in [-0.2, -0.15) is 5.10 Å². The maximum Gasteiger partial charge on any atom is 0.252 e. The smallest absolute Gasteiger partial charge is 0.252 e. The van der Waals surface area contributed by atoms with Gasteiger partial charge in [0.1, 0.15) is 5.75 Å². The first-order valence-corrected chi connectivity index (χ1v) is 9.92. The summed E-state index contributed by atoms with van der Waals surface area (Å²) < 4.78 is 5.50. The number of pyridine rings is 2. The van der Waals surface area contributed by atoms with Crippen molar-refractivity contribution >= 4 is 16.9 Å². The van der Waals surface area contributed by atoms with Gasteiger partial charge in [-0.1, -0.05) is 12.1 Å². The number of carbonyl (C=O) groups excluding carboxylic acids is 1. The van der Waals surface area contributed by atoms with E-state index in [0.717, 1.165) is 40.1 Å². The van der Waals surface area contributed by atoms with Crippen LogP contribution < -0.4 is 10.1 Å². The number of hydrogen-bond acceptors (Lipinski definition) is 6. The van der Waals surface area contributed by atoms with Gasteiger partial charge in [0.25, 0.3) is 5.91 Å². The Balaban J connectivity index is 1.67. The molecule has 0 bridgehead atoms. The number of rotatable bonds is 7. The van der Waals surface area contributed by atoms with Gasteiger partial charge in [0.05, 0.1) is 18.4 Å². The molecule has 0 fully saturated rings. The van der Waals surface area contributed by atoms with Crippen molar-refractivity contribution in [2.75, 3.05) is 34.3 Å². The largest absolute Gasteiger partial charge is 0.496 e. The third kappa shape index (κ3) is 4.39. The fraction of sp³-hybridized carbons (Fsp3) is 0.217. The molecule has 8 heteroatoms. The van der Waals surface area contributed by atoms with Crippen LogP contribution >= 0.6 is 0 Å². The Hall–Kier alpha value is -3.78. The van der Waals surface area contributed by atoms with Crippen LogP contribution in [0.5, 0.6) is 5.75 Å². The van der Waals surface area contributed by atoms with Gasteiger partial charge < -0.3 is 15.0 Å². The van der Waals surface area contributed by atoms with Gasteiger partial charge in [-0.25, -0.2) is 4.98 Å². The summed E-state index contributed by atoms with van der Waals surface area (Å²) in [7, 11) is 5.57. The Labute approximate surface area is 180 Å². The average Bonchev–Trinajstić information content (AvgIpc) is 3.22. The number of amides is 1.